The lowest BCUT2D eigenvalue weighted by atomic mass is 9.72. The van der Waals surface area contributed by atoms with Gasteiger partial charge in [0.25, 0.3) is 0 Å². The molecule has 0 aliphatic heterocycles. The van der Waals surface area contributed by atoms with Gasteiger partial charge in [0.05, 0.1) is 0 Å². The average Bonchev–Trinajstić information content (AvgIpc) is 2.40. The number of Topliss-reactive ketones (excluding diaryl/α,β-unsaturated/α-hetero) is 1. The molecule has 0 radical (unpaired) electrons. The Balaban J connectivity index is 0.000000581. The van der Waals surface area contributed by atoms with Gasteiger partial charge in [-0.1, -0.05) is 65.8 Å². The summed E-state index contributed by atoms with van der Waals surface area (Å²) in [5, 5.41) is 0. The Hall–Kier alpha value is -1.11. The first-order valence-corrected chi connectivity index (χ1v) is 6.74. The summed E-state index contributed by atoms with van der Waals surface area (Å²) in [6.45, 7) is 12.4. The molecule has 1 aromatic carbocycles. The molecule has 2 rings (SSSR count). The van der Waals surface area contributed by atoms with E-state index in [1.807, 2.05) is 45.9 Å². The van der Waals surface area contributed by atoms with Crippen LogP contribution in [0.2, 0.25) is 0 Å². The lowest BCUT2D eigenvalue weighted by molar-refractivity contribution is 0.0957. The fourth-order valence-electron chi connectivity index (χ4n) is 2.01. The molecule has 0 unspecified atom stereocenters. The quantitative estimate of drug-likeness (QED) is 0.618. The highest BCUT2D eigenvalue weighted by atomic mass is 16.1. The summed E-state index contributed by atoms with van der Waals surface area (Å²) in [4.78, 5) is 11.6. The van der Waals surface area contributed by atoms with E-state index < -0.39 is 0 Å². The van der Waals surface area contributed by atoms with Crippen molar-refractivity contribution in [3.63, 3.8) is 0 Å². The molecule has 1 aliphatic carbocycles. The van der Waals surface area contributed by atoms with E-state index in [-0.39, 0.29) is 5.41 Å². The van der Waals surface area contributed by atoms with Gasteiger partial charge in [0, 0.05) is 12.0 Å². The topological polar surface area (TPSA) is 17.1 Å². The monoisotopic (exact) mass is 234 g/mol. The second-order valence-corrected chi connectivity index (χ2v) is 4.35. The molecule has 1 aromatic rings. The molecule has 96 valence electrons. The maximum absolute atomic E-state index is 11.6. The molecule has 0 aromatic heterocycles. The number of ketones is 1. The van der Waals surface area contributed by atoms with E-state index in [0.29, 0.717) is 12.2 Å². The van der Waals surface area contributed by atoms with Gasteiger partial charge in [-0.15, -0.1) is 0 Å². The number of hydrogen-bond donors (Lipinski definition) is 0. The van der Waals surface area contributed by atoms with Crippen molar-refractivity contribution in [3.8, 4) is 0 Å². The lowest BCUT2D eigenvalue weighted by Crippen LogP contribution is -2.26. The fraction of sp³-hybridized carbons (Fsp3) is 0.562. The minimum Gasteiger partial charge on any atom is -0.294 e. The highest BCUT2D eigenvalue weighted by molar-refractivity contribution is 5.99. The third-order valence-corrected chi connectivity index (χ3v) is 2.93. The van der Waals surface area contributed by atoms with Gasteiger partial charge in [0.2, 0.25) is 0 Å². The molecule has 0 N–H and O–H groups in total. The molecule has 17 heavy (non-hydrogen) atoms. The second-order valence-electron chi connectivity index (χ2n) is 4.35. The van der Waals surface area contributed by atoms with Gasteiger partial charge in [0.1, 0.15) is 0 Å². The van der Waals surface area contributed by atoms with Crippen LogP contribution in [0.5, 0.6) is 0 Å². The first-order chi connectivity index (χ1) is 8.11. The van der Waals surface area contributed by atoms with Crippen molar-refractivity contribution in [2.75, 3.05) is 0 Å². The van der Waals surface area contributed by atoms with E-state index >= 15 is 0 Å². The zero-order valence-electron chi connectivity index (χ0n) is 12.1. The third kappa shape index (κ3) is 3.69. The van der Waals surface area contributed by atoms with Crippen LogP contribution in [-0.4, -0.2) is 5.78 Å². The Morgan fingerprint density at radius 2 is 1.53 bits per heavy atom. The van der Waals surface area contributed by atoms with E-state index in [4.69, 9.17) is 0 Å². The van der Waals surface area contributed by atoms with E-state index in [9.17, 15) is 4.79 Å². The minimum atomic E-state index is 0.171. The predicted octanol–water partition coefficient (Wildman–Crippen LogP) is 4.99. The maximum Gasteiger partial charge on any atom is 0.163 e. The zero-order valence-corrected chi connectivity index (χ0v) is 12.1. The first kappa shape index (κ1) is 15.9. The number of benzene rings is 1. The summed E-state index contributed by atoms with van der Waals surface area (Å²) in [6, 6.07) is 7.97. The SMILES string of the molecule is CC.CC.CC1(C)CCC(=O)c2ccccc21. The molecule has 0 heterocycles. The van der Waals surface area contributed by atoms with Crippen molar-refractivity contribution in [1.82, 2.24) is 0 Å². The Kier molecular flexibility index (Phi) is 6.79. The molecule has 1 heteroatoms. The van der Waals surface area contributed by atoms with Gasteiger partial charge in [-0.3, -0.25) is 4.79 Å². The largest absolute Gasteiger partial charge is 0.294 e. The predicted molar refractivity (Wildman–Crippen MR) is 75.7 cm³/mol. The lowest BCUT2D eigenvalue weighted by Gasteiger charge is -2.31. The van der Waals surface area contributed by atoms with E-state index in [0.717, 1.165) is 12.0 Å². The van der Waals surface area contributed by atoms with Crippen LogP contribution in [0.3, 0.4) is 0 Å². The Morgan fingerprint density at radius 1 is 1.00 bits per heavy atom. The van der Waals surface area contributed by atoms with Crippen LogP contribution in [0.25, 0.3) is 0 Å². The van der Waals surface area contributed by atoms with E-state index in [1.54, 1.807) is 0 Å². The Morgan fingerprint density at radius 3 is 2.06 bits per heavy atom. The van der Waals surface area contributed by atoms with Crippen LogP contribution in [0.4, 0.5) is 0 Å². The van der Waals surface area contributed by atoms with Crippen molar-refractivity contribution < 1.29 is 4.79 Å². The number of carbonyl (C=O) groups excluding carboxylic acids is 1. The van der Waals surface area contributed by atoms with Crippen molar-refractivity contribution >= 4 is 5.78 Å². The molecule has 0 spiro atoms. The number of hydrogen-bond acceptors (Lipinski definition) is 1. The number of carbonyl (C=O) groups is 1. The summed E-state index contributed by atoms with van der Waals surface area (Å²) in [5.74, 6) is 0.301. The normalized spacial score (nSPS) is 15.8. The minimum absolute atomic E-state index is 0.171. The van der Waals surface area contributed by atoms with Gasteiger partial charge in [-0.05, 0) is 17.4 Å². The van der Waals surface area contributed by atoms with Crippen molar-refractivity contribution in [3.05, 3.63) is 35.4 Å². The molecule has 0 atom stereocenters. The average molecular weight is 234 g/mol. The van der Waals surface area contributed by atoms with Crippen molar-refractivity contribution in [2.24, 2.45) is 0 Å². The first-order valence-electron chi connectivity index (χ1n) is 6.74. The standard InChI is InChI=1S/C12H14O.2C2H6/c1-12(2)8-7-11(13)9-5-3-4-6-10(9)12;2*1-2/h3-6H,7-8H2,1-2H3;2*1-2H3. The van der Waals surface area contributed by atoms with Crippen LogP contribution in [-0.2, 0) is 5.41 Å². The highest BCUT2D eigenvalue weighted by Crippen LogP contribution is 2.36. The fourth-order valence-corrected chi connectivity index (χ4v) is 2.01. The van der Waals surface area contributed by atoms with E-state index in [2.05, 4.69) is 19.9 Å². The van der Waals surface area contributed by atoms with Crippen LogP contribution in [0, 0.1) is 0 Å². The highest BCUT2D eigenvalue weighted by Gasteiger charge is 2.30. The Labute approximate surface area is 106 Å². The molecule has 1 nitrogen and oxygen atoms in total. The number of rotatable bonds is 0. The number of fused-ring (bicyclic) bond motifs is 1. The van der Waals surface area contributed by atoms with Gasteiger partial charge in [-0.25, -0.2) is 0 Å². The van der Waals surface area contributed by atoms with Crippen LogP contribution < -0.4 is 0 Å². The van der Waals surface area contributed by atoms with E-state index in [1.165, 1.54) is 5.56 Å². The summed E-state index contributed by atoms with van der Waals surface area (Å²) in [5.41, 5.74) is 2.31. The molecular weight excluding hydrogens is 208 g/mol. The summed E-state index contributed by atoms with van der Waals surface area (Å²) in [7, 11) is 0. The summed E-state index contributed by atoms with van der Waals surface area (Å²) < 4.78 is 0. The molecule has 0 saturated heterocycles. The smallest absolute Gasteiger partial charge is 0.163 e. The third-order valence-electron chi connectivity index (χ3n) is 2.93. The van der Waals surface area contributed by atoms with Crippen LogP contribution in [0.15, 0.2) is 24.3 Å². The van der Waals surface area contributed by atoms with Crippen LogP contribution in [0.1, 0.15) is 70.3 Å². The van der Waals surface area contributed by atoms with Gasteiger partial charge >= 0.3 is 0 Å². The molecule has 1 aliphatic rings. The van der Waals surface area contributed by atoms with Gasteiger partial charge in [0.15, 0.2) is 5.78 Å². The maximum atomic E-state index is 11.6. The summed E-state index contributed by atoms with van der Waals surface area (Å²) in [6.07, 6.45) is 1.67. The molecule has 0 bridgehead atoms. The summed E-state index contributed by atoms with van der Waals surface area (Å²) >= 11 is 0. The van der Waals surface area contributed by atoms with Crippen LogP contribution >= 0.6 is 0 Å². The second kappa shape index (κ2) is 7.26. The van der Waals surface area contributed by atoms with Crippen molar-refractivity contribution in [2.45, 2.75) is 59.8 Å². The molecule has 0 fully saturated rings. The van der Waals surface area contributed by atoms with Crippen molar-refractivity contribution in [1.29, 1.82) is 0 Å². The van der Waals surface area contributed by atoms with Gasteiger partial charge in [-0.2, -0.15) is 0 Å². The zero-order chi connectivity index (χ0) is 13.5. The Bertz CT molecular complexity index is 350. The molecule has 0 amide bonds. The molecular formula is C16H26O. The van der Waals surface area contributed by atoms with Gasteiger partial charge < -0.3 is 0 Å². The molecule has 0 saturated carbocycles.